The van der Waals surface area contributed by atoms with Crippen LogP contribution in [0.5, 0.6) is 5.75 Å². The molecule has 0 aromatic heterocycles. The van der Waals surface area contributed by atoms with Gasteiger partial charge in [0, 0.05) is 38.1 Å². The first-order valence-corrected chi connectivity index (χ1v) is 13.2. The summed E-state index contributed by atoms with van der Waals surface area (Å²) < 4.78 is 12.4. The highest BCUT2D eigenvalue weighted by molar-refractivity contribution is 5.73. The Kier molecular flexibility index (Phi) is 7.42. The summed E-state index contributed by atoms with van der Waals surface area (Å²) in [5, 5.41) is 17.7. The first kappa shape index (κ1) is 24.3. The number of hydrogen-bond acceptors (Lipinski definition) is 5. The third kappa shape index (κ3) is 5.88. The molecule has 1 aliphatic carbocycles. The van der Waals surface area contributed by atoms with Crippen LogP contribution in [-0.4, -0.2) is 48.0 Å². The van der Waals surface area contributed by atoms with Gasteiger partial charge < -0.3 is 25.2 Å². The van der Waals surface area contributed by atoms with Crippen LogP contribution < -0.4 is 15.4 Å². The number of fused-ring (bicyclic) bond motifs is 1. The molecule has 6 nitrogen and oxygen atoms in total. The summed E-state index contributed by atoms with van der Waals surface area (Å²) in [6, 6.07) is 16.3. The van der Waals surface area contributed by atoms with Gasteiger partial charge in [-0.1, -0.05) is 42.5 Å². The van der Waals surface area contributed by atoms with Gasteiger partial charge in [-0.05, 0) is 62.1 Å². The van der Waals surface area contributed by atoms with Gasteiger partial charge in [-0.15, -0.1) is 0 Å². The smallest absolute Gasteiger partial charge is 0.217 e. The molecule has 0 bridgehead atoms. The number of aliphatic hydroxyl groups is 1. The quantitative estimate of drug-likeness (QED) is 0.510. The molecule has 188 valence electrons. The van der Waals surface area contributed by atoms with Crippen LogP contribution in [0.4, 0.5) is 0 Å². The maximum atomic E-state index is 11.9. The molecule has 3 aliphatic rings. The highest BCUT2D eigenvalue weighted by Gasteiger charge is 2.45. The van der Waals surface area contributed by atoms with E-state index in [0.29, 0.717) is 19.1 Å². The normalized spacial score (nSPS) is 24.2. The first-order valence-electron chi connectivity index (χ1n) is 13.2. The zero-order valence-electron chi connectivity index (χ0n) is 20.7. The number of ether oxygens (including phenoxy) is 2. The maximum absolute atomic E-state index is 11.9. The predicted molar refractivity (Wildman–Crippen MR) is 135 cm³/mol. The van der Waals surface area contributed by atoms with Crippen LogP contribution >= 0.6 is 0 Å². The highest BCUT2D eigenvalue weighted by Crippen LogP contribution is 2.49. The summed E-state index contributed by atoms with van der Waals surface area (Å²) in [5.41, 5.74) is 3.45. The lowest BCUT2D eigenvalue weighted by Crippen LogP contribution is -2.52. The van der Waals surface area contributed by atoms with E-state index in [4.69, 9.17) is 9.47 Å². The van der Waals surface area contributed by atoms with Crippen LogP contribution in [0, 0.1) is 0 Å². The largest absolute Gasteiger partial charge is 0.487 e. The molecule has 5 rings (SSSR count). The molecular weight excluding hydrogens is 440 g/mol. The number of hydrogen-bond donors (Lipinski definition) is 3. The fourth-order valence-electron chi connectivity index (χ4n) is 5.79. The van der Waals surface area contributed by atoms with Crippen LogP contribution in [0.15, 0.2) is 48.5 Å². The van der Waals surface area contributed by atoms with Gasteiger partial charge in [-0.25, -0.2) is 0 Å². The van der Waals surface area contributed by atoms with Crippen LogP contribution in [0.1, 0.15) is 68.2 Å². The molecule has 1 saturated carbocycles. The number of carbonyl (C=O) groups is 1. The third-order valence-electron chi connectivity index (χ3n) is 7.83. The molecule has 2 aliphatic heterocycles. The Morgan fingerprint density at radius 2 is 1.97 bits per heavy atom. The molecular formula is C29H38N2O4. The Morgan fingerprint density at radius 3 is 2.66 bits per heavy atom. The van der Waals surface area contributed by atoms with Gasteiger partial charge in [0.15, 0.2) is 0 Å². The summed E-state index contributed by atoms with van der Waals surface area (Å²) in [5.74, 6) is 0.829. The molecule has 2 heterocycles. The van der Waals surface area contributed by atoms with E-state index in [1.54, 1.807) is 0 Å². The van der Waals surface area contributed by atoms with Crippen molar-refractivity contribution in [1.29, 1.82) is 0 Å². The van der Waals surface area contributed by atoms with Crippen molar-refractivity contribution in [3.05, 3.63) is 65.2 Å². The standard InChI is InChI=1S/C29H38N2O4/c1-20(32)31-25(17-21-7-3-2-4-8-21)27(33)19-30-26-18-29(12-6-13-29)35-28-11-10-22(16-24(26)28)15-23-9-5-14-34-23/h2-4,7-8,10-11,16,23,25-27,30,33H,5-6,9,12-15,17-19H2,1H3,(H,31,32)/t23-,25-,26-,27-/m0/s1. The summed E-state index contributed by atoms with van der Waals surface area (Å²) in [6.45, 7) is 2.76. The van der Waals surface area contributed by atoms with E-state index >= 15 is 0 Å². The molecule has 1 spiro atoms. The molecule has 0 radical (unpaired) electrons. The summed E-state index contributed by atoms with van der Waals surface area (Å²) in [7, 11) is 0. The maximum Gasteiger partial charge on any atom is 0.217 e. The summed E-state index contributed by atoms with van der Waals surface area (Å²) in [4.78, 5) is 11.9. The summed E-state index contributed by atoms with van der Waals surface area (Å²) >= 11 is 0. The zero-order chi connectivity index (χ0) is 24.3. The molecule has 2 aromatic carbocycles. The van der Waals surface area contributed by atoms with Crippen molar-refractivity contribution >= 4 is 5.91 Å². The fraction of sp³-hybridized carbons (Fsp3) is 0.552. The first-order chi connectivity index (χ1) is 17.0. The van der Waals surface area contributed by atoms with Crippen molar-refractivity contribution < 1.29 is 19.4 Å². The van der Waals surface area contributed by atoms with Crippen molar-refractivity contribution in [1.82, 2.24) is 10.6 Å². The summed E-state index contributed by atoms with van der Waals surface area (Å²) in [6.07, 6.45) is 7.62. The van der Waals surface area contributed by atoms with Crippen molar-refractivity contribution in [2.45, 2.75) is 88.2 Å². The molecule has 0 unspecified atom stereocenters. The van der Waals surface area contributed by atoms with Crippen molar-refractivity contribution in [3.8, 4) is 5.75 Å². The molecule has 35 heavy (non-hydrogen) atoms. The molecule has 1 saturated heterocycles. The van der Waals surface area contributed by atoms with Crippen molar-refractivity contribution in [2.24, 2.45) is 0 Å². The number of amides is 1. The van der Waals surface area contributed by atoms with E-state index in [9.17, 15) is 9.90 Å². The van der Waals surface area contributed by atoms with E-state index in [1.807, 2.05) is 30.3 Å². The average Bonchev–Trinajstić information content (AvgIpc) is 3.34. The second kappa shape index (κ2) is 10.7. The molecule has 4 atom stereocenters. The van der Waals surface area contributed by atoms with E-state index in [2.05, 4.69) is 28.8 Å². The minimum absolute atomic E-state index is 0.0905. The Bertz CT molecular complexity index is 1000. The van der Waals surface area contributed by atoms with Crippen LogP contribution in [0.2, 0.25) is 0 Å². The minimum atomic E-state index is -0.710. The lowest BCUT2D eigenvalue weighted by Gasteiger charge is -2.48. The molecule has 2 aromatic rings. The zero-order valence-corrected chi connectivity index (χ0v) is 20.7. The molecule has 6 heteroatoms. The average molecular weight is 479 g/mol. The highest BCUT2D eigenvalue weighted by atomic mass is 16.5. The number of benzene rings is 2. The molecule has 1 amide bonds. The predicted octanol–water partition coefficient (Wildman–Crippen LogP) is 3.85. The van der Waals surface area contributed by atoms with Gasteiger partial charge in [0.25, 0.3) is 0 Å². The van der Waals surface area contributed by atoms with Gasteiger partial charge in [0.05, 0.1) is 18.2 Å². The lowest BCUT2D eigenvalue weighted by atomic mass is 9.72. The Balaban J connectivity index is 1.30. The lowest BCUT2D eigenvalue weighted by molar-refractivity contribution is -0.120. The monoisotopic (exact) mass is 478 g/mol. The van der Waals surface area contributed by atoms with Crippen molar-refractivity contribution in [3.63, 3.8) is 0 Å². The Labute approximate surface area is 208 Å². The number of rotatable bonds is 9. The Morgan fingerprint density at radius 1 is 1.14 bits per heavy atom. The van der Waals surface area contributed by atoms with Crippen LogP contribution in [-0.2, 0) is 22.4 Å². The third-order valence-corrected chi connectivity index (χ3v) is 7.83. The SMILES string of the molecule is CC(=O)N[C@@H](Cc1ccccc1)[C@@H](O)CN[C@H]1CC2(CCC2)Oc2ccc(C[C@@H]3CCCO3)cc21. The second-order valence-corrected chi connectivity index (χ2v) is 10.6. The van der Waals surface area contributed by atoms with E-state index in [1.165, 1.54) is 24.5 Å². The van der Waals surface area contributed by atoms with Crippen molar-refractivity contribution in [2.75, 3.05) is 13.2 Å². The van der Waals surface area contributed by atoms with Gasteiger partial charge in [-0.3, -0.25) is 4.79 Å². The van der Waals surface area contributed by atoms with Crippen LogP contribution in [0.3, 0.4) is 0 Å². The van der Waals surface area contributed by atoms with Gasteiger partial charge in [-0.2, -0.15) is 0 Å². The Hall–Kier alpha value is -2.41. The fourth-order valence-corrected chi connectivity index (χ4v) is 5.79. The van der Waals surface area contributed by atoms with E-state index in [-0.39, 0.29) is 23.6 Å². The number of carbonyl (C=O) groups excluding carboxylic acids is 1. The second-order valence-electron chi connectivity index (χ2n) is 10.6. The number of aliphatic hydroxyl groups excluding tert-OH is 1. The van der Waals surface area contributed by atoms with Crippen LogP contribution in [0.25, 0.3) is 0 Å². The topological polar surface area (TPSA) is 79.8 Å². The van der Waals surface area contributed by atoms with E-state index in [0.717, 1.165) is 56.4 Å². The molecule has 3 N–H and O–H groups in total. The van der Waals surface area contributed by atoms with Gasteiger partial charge >= 0.3 is 0 Å². The minimum Gasteiger partial charge on any atom is -0.487 e. The van der Waals surface area contributed by atoms with Gasteiger partial charge in [0.1, 0.15) is 11.4 Å². The number of nitrogens with one attached hydrogen (secondary N) is 2. The van der Waals surface area contributed by atoms with Gasteiger partial charge in [0.2, 0.25) is 5.91 Å². The molecule has 2 fully saturated rings. The van der Waals surface area contributed by atoms with E-state index < -0.39 is 6.10 Å².